The lowest BCUT2D eigenvalue weighted by atomic mass is 10.2. The monoisotopic (exact) mass is 432 g/mol. The van der Waals surface area contributed by atoms with Crippen LogP contribution in [0, 0.1) is 27.7 Å². The van der Waals surface area contributed by atoms with Crippen molar-refractivity contribution < 1.29 is 20.4 Å². The number of hydrogen-bond donors (Lipinski definition) is 4. The number of aromatic hydroxyl groups is 4. The molecule has 0 spiro atoms. The van der Waals surface area contributed by atoms with Gasteiger partial charge in [0.1, 0.15) is 23.0 Å². The second kappa shape index (κ2) is 14.1. The van der Waals surface area contributed by atoms with Crippen LogP contribution >= 0.6 is 0 Å². The van der Waals surface area contributed by atoms with Gasteiger partial charge >= 0.3 is 0 Å². The summed E-state index contributed by atoms with van der Waals surface area (Å²) < 4.78 is 0. The molecule has 168 valence electrons. The lowest BCUT2D eigenvalue weighted by Gasteiger charge is -1.89. The van der Waals surface area contributed by atoms with E-state index >= 15 is 0 Å². The molecule has 0 atom stereocenters. The van der Waals surface area contributed by atoms with Crippen molar-refractivity contribution in [1.29, 1.82) is 0 Å². The molecular weight excluding hydrogens is 400 g/mol. The maximum Gasteiger partial charge on any atom is 0.115 e. The van der Waals surface area contributed by atoms with Crippen LogP contribution in [0.4, 0.5) is 0 Å². The lowest BCUT2D eigenvalue weighted by molar-refractivity contribution is 0.474. The van der Waals surface area contributed by atoms with Crippen molar-refractivity contribution in [3.05, 3.63) is 119 Å². The van der Waals surface area contributed by atoms with Gasteiger partial charge < -0.3 is 20.4 Å². The minimum absolute atomic E-state index is 0.338. The zero-order valence-corrected chi connectivity index (χ0v) is 19.0. The van der Waals surface area contributed by atoms with E-state index in [4.69, 9.17) is 20.4 Å². The van der Waals surface area contributed by atoms with E-state index in [-0.39, 0.29) is 0 Å². The molecule has 32 heavy (non-hydrogen) atoms. The summed E-state index contributed by atoms with van der Waals surface area (Å²) in [6, 6.07) is 28.6. The van der Waals surface area contributed by atoms with E-state index in [0.717, 1.165) is 22.3 Å². The maximum absolute atomic E-state index is 8.81. The van der Waals surface area contributed by atoms with Gasteiger partial charge in [0.15, 0.2) is 0 Å². The van der Waals surface area contributed by atoms with Gasteiger partial charge in [-0.05, 0) is 98.5 Å². The molecule has 0 saturated carbocycles. The summed E-state index contributed by atoms with van der Waals surface area (Å²) in [5.41, 5.74) is 4.35. The molecule has 0 aliphatic rings. The van der Waals surface area contributed by atoms with Gasteiger partial charge in [-0.3, -0.25) is 0 Å². The number of benzene rings is 4. The summed E-state index contributed by atoms with van der Waals surface area (Å²) in [5, 5.41) is 35.3. The molecule has 0 aliphatic carbocycles. The molecule has 4 aromatic carbocycles. The van der Waals surface area contributed by atoms with Crippen LogP contribution in [-0.2, 0) is 0 Å². The summed E-state index contributed by atoms with van der Waals surface area (Å²) in [6.07, 6.45) is 0. The Hall–Kier alpha value is -3.92. The van der Waals surface area contributed by atoms with E-state index in [1.165, 1.54) is 0 Å². The first kappa shape index (κ1) is 26.1. The summed E-state index contributed by atoms with van der Waals surface area (Å²) in [4.78, 5) is 0. The number of hydrogen-bond acceptors (Lipinski definition) is 4. The topological polar surface area (TPSA) is 80.9 Å². The second-order valence-corrected chi connectivity index (χ2v) is 7.36. The van der Waals surface area contributed by atoms with Crippen LogP contribution in [0.1, 0.15) is 22.3 Å². The van der Waals surface area contributed by atoms with Crippen LogP contribution in [0.2, 0.25) is 0 Å². The van der Waals surface area contributed by atoms with Gasteiger partial charge in [0.2, 0.25) is 0 Å². The Morgan fingerprint density at radius 2 is 0.531 bits per heavy atom. The SMILES string of the molecule is Cc1cccc(O)c1.Cc1cccc(O)c1.Cc1cccc(O)c1.Cc1cccc(O)c1. The predicted molar refractivity (Wildman–Crippen MR) is 131 cm³/mol. The van der Waals surface area contributed by atoms with Gasteiger partial charge in [0.05, 0.1) is 0 Å². The highest BCUT2D eigenvalue weighted by atomic mass is 16.3. The Morgan fingerprint density at radius 3 is 0.625 bits per heavy atom. The number of aryl methyl sites for hydroxylation is 4. The highest BCUT2D eigenvalue weighted by Gasteiger charge is 1.85. The highest BCUT2D eigenvalue weighted by molar-refractivity contribution is 5.27. The average molecular weight is 433 g/mol. The third kappa shape index (κ3) is 12.6. The molecule has 4 aromatic rings. The van der Waals surface area contributed by atoms with Crippen LogP contribution in [0.25, 0.3) is 0 Å². The largest absolute Gasteiger partial charge is 0.508 e. The van der Waals surface area contributed by atoms with Crippen LogP contribution in [0.15, 0.2) is 97.1 Å². The van der Waals surface area contributed by atoms with Gasteiger partial charge in [-0.2, -0.15) is 0 Å². The molecule has 0 aromatic heterocycles. The molecular formula is C28H32O4. The first-order valence-corrected chi connectivity index (χ1v) is 10.2. The van der Waals surface area contributed by atoms with Crippen molar-refractivity contribution in [3.63, 3.8) is 0 Å². The van der Waals surface area contributed by atoms with E-state index in [2.05, 4.69) is 0 Å². The van der Waals surface area contributed by atoms with Gasteiger partial charge in [0.25, 0.3) is 0 Å². The van der Waals surface area contributed by atoms with E-state index in [1.54, 1.807) is 48.5 Å². The molecule has 4 nitrogen and oxygen atoms in total. The molecule has 4 heteroatoms. The van der Waals surface area contributed by atoms with Gasteiger partial charge in [-0.1, -0.05) is 48.5 Å². The molecule has 0 amide bonds. The third-order valence-electron chi connectivity index (χ3n) is 4.01. The van der Waals surface area contributed by atoms with Gasteiger partial charge in [-0.25, -0.2) is 0 Å². The summed E-state index contributed by atoms with van der Waals surface area (Å²) in [7, 11) is 0. The van der Waals surface area contributed by atoms with Crippen molar-refractivity contribution in [2.45, 2.75) is 27.7 Å². The Kier molecular flexibility index (Phi) is 11.5. The third-order valence-corrected chi connectivity index (χ3v) is 4.01. The molecule has 0 saturated heterocycles. The predicted octanol–water partition coefficient (Wildman–Crippen LogP) is 6.80. The van der Waals surface area contributed by atoms with Crippen molar-refractivity contribution in [2.75, 3.05) is 0 Å². The second-order valence-electron chi connectivity index (χ2n) is 7.36. The quantitative estimate of drug-likeness (QED) is 0.246. The fourth-order valence-electron chi connectivity index (χ4n) is 2.51. The van der Waals surface area contributed by atoms with Crippen LogP contribution in [0.5, 0.6) is 23.0 Å². The normalized spacial score (nSPS) is 9.12. The summed E-state index contributed by atoms with van der Waals surface area (Å²) >= 11 is 0. The zero-order valence-electron chi connectivity index (χ0n) is 19.0. The Balaban J connectivity index is 0.000000213. The molecule has 4 N–H and O–H groups in total. The van der Waals surface area contributed by atoms with Crippen molar-refractivity contribution in [3.8, 4) is 23.0 Å². The Labute approximate surface area is 190 Å². The Morgan fingerprint density at radius 1 is 0.344 bits per heavy atom. The molecule has 0 heterocycles. The van der Waals surface area contributed by atoms with Crippen molar-refractivity contribution in [1.82, 2.24) is 0 Å². The molecule has 0 aliphatic heterocycles. The van der Waals surface area contributed by atoms with Crippen LogP contribution < -0.4 is 0 Å². The molecule has 0 unspecified atom stereocenters. The van der Waals surface area contributed by atoms with Gasteiger partial charge in [-0.15, -0.1) is 0 Å². The van der Waals surface area contributed by atoms with Crippen molar-refractivity contribution >= 4 is 0 Å². The van der Waals surface area contributed by atoms with E-state index < -0.39 is 0 Å². The van der Waals surface area contributed by atoms with Crippen LogP contribution in [-0.4, -0.2) is 20.4 Å². The molecule has 0 fully saturated rings. The average Bonchev–Trinajstić information content (AvgIpc) is 2.69. The maximum atomic E-state index is 8.81. The first-order valence-electron chi connectivity index (χ1n) is 10.2. The number of phenols is 4. The van der Waals surface area contributed by atoms with Crippen molar-refractivity contribution in [2.24, 2.45) is 0 Å². The molecule has 0 radical (unpaired) electrons. The highest BCUT2D eigenvalue weighted by Crippen LogP contribution is 2.10. The van der Waals surface area contributed by atoms with E-state index in [9.17, 15) is 0 Å². The Bertz CT molecular complexity index is 831. The minimum Gasteiger partial charge on any atom is -0.508 e. The fourth-order valence-corrected chi connectivity index (χ4v) is 2.51. The van der Waals surface area contributed by atoms with Crippen LogP contribution in [0.3, 0.4) is 0 Å². The molecule has 4 rings (SSSR count). The zero-order chi connectivity index (χ0) is 23.9. The van der Waals surface area contributed by atoms with E-state index in [0.29, 0.717) is 23.0 Å². The fraction of sp³-hybridized carbons (Fsp3) is 0.143. The minimum atomic E-state index is 0.338. The smallest absolute Gasteiger partial charge is 0.115 e. The molecule has 0 bridgehead atoms. The van der Waals surface area contributed by atoms with Gasteiger partial charge in [0, 0.05) is 0 Å². The lowest BCUT2D eigenvalue weighted by Crippen LogP contribution is -1.66. The number of phenolic OH excluding ortho intramolecular Hbond substituents is 4. The first-order chi connectivity index (χ1) is 15.2. The van der Waals surface area contributed by atoms with E-state index in [1.807, 2.05) is 76.2 Å². The summed E-state index contributed by atoms with van der Waals surface area (Å²) in [6.45, 7) is 7.78. The summed E-state index contributed by atoms with van der Waals surface area (Å²) in [5.74, 6) is 1.35. The standard InChI is InChI=1S/4C7H8O/c4*1-6-3-2-4-7(8)5-6/h4*2-5,8H,1H3. The number of rotatable bonds is 0.